The highest BCUT2D eigenvalue weighted by Gasteiger charge is 2.25. The number of para-hydroxylation sites is 1. The molecular formula is C18H23N3O3. The van der Waals surface area contributed by atoms with Gasteiger partial charge in [0.1, 0.15) is 6.54 Å². The molecular weight excluding hydrogens is 306 g/mol. The fourth-order valence-corrected chi connectivity index (χ4v) is 2.47. The summed E-state index contributed by atoms with van der Waals surface area (Å²) in [5.74, 6) is -1.24. The Kier molecular flexibility index (Phi) is 5.39. The molecule has 1 N–H and O–H groups in total. The van der Waals surface area contributed by atoms with E-state index in [0.717, 1.165) is 11.4 Å². The number of carbonyl (C=O) groups is 2. The Morgan fingerprint density at radius 1 is 1.17 bits per heavy atom. The van der Waals surface area contributed by atoms with Crippen LogP contribution in [0.3, 0.4) is 0 Å². The summed E-state index contributed by atoms with van der Waals surface area (Å²) in [5, 5.41) is 13.5. The molecule has 24 heavy (non-hydrogen) atoms. The smallest absolute Gasteiger partial charge is 0.323 e. The van der Waals surface area contributed by atoms with Crippen molar-refractivity contribution in [3.05, 3.63) is 47.8 Å². The molecule has 1 aromatic carbocycles. The Balaban J connectivity index is 2.44. The zero-order valence-electron chi connectivity index (χ0n) is 14.4. The number of hydrogen-bond acceptors (Lipinski definition) is 3. The van der Waals surface area contributed by atoms with E-state index in [0.29, 0.717) is 0 Å². The first-order valence-electron chi connectivity index (χ1n) is 7.99. The lowest BCUT2D eigenvalue weighted by Gasteiger charge is -2.23. The number of hydrogen-bond donors (Lipinski definition) is 1. The largest absolute Gasteiger partial charge is 0.480 e. The Labute approximate surface area is 141 Å². The molecule has 0 spiro atoms. The summed E-state index contributed by atoms with van der Waals surface area (Å²) >= 11 is 0. The number of carboxylic acids is 1. The molecule has 0 radical (unpaired) electrons. The summed E-state index contributed by atoms with van der Waals surface area (Å²) in [7, 11) is 0. The molecule has 1 aromatic heterocycles. The lowest BCUT2D eigenvalue weighted by atomic mass is 10.1. The molecule has 1 heterocycles. The molecule has 0 saturated heterocycles. The fraction of sp³-hybridized carbons (Fsp3) is 0.389. The van der Waals surface area contributed by atoms with Crippen molar-refractivity contribution in [3.63, 3.8) is 0 Å². The summed E-state index contributed by atoms with van der Waals surface area (Å²) < 4.78 is 1.75. The average Bonchev–Trinajstić information content (AvgIpc) is 2.98. The number of aromatic nitrogens is 2. The van der Waals surface area contributed by atoms with E-state index < -0.39 is 5.97 Å². The van der Waals surface area contributed by atoms with Crippen LogP contribution < -0.4 is 0 Å². The first-order valence-corrected chi connectivity index (χ1v) is 7.99. The van der Waals surface area contributed by atoms with E-state index in [9.17, 15) is 9.59 Å². The number of carbonyl (C=O) groups excluding carboxylic acids is 1. The van der Waals surface area contributed by atoms with Gasteiger partial charge in [-0.1, -0.05) is 32.0 Å². The van der Waals surface area contributed by atoms with Gasteiger partial charge >= 0.3 is 5.97 Å². The van der Waals surface area contributed by atoms with Gasteiger partial charge in [0.15, 0.2) is 5.69 Å². The topological polar surface area (TPSA) is 75.4 Å². The zero-order chi connectivity index (χ0) is 17.9. The molecule has 6 heteroatoms. The van der Waals surface area contributed by atoms with Gasteiger partial charge < -0.3 is 10.0 Å². The molecule has 2 aromatic rings. The van der Waals surface area contributed by atoms with Crippen LogP contribution >= 0.6 is 0 Å². The van der Waals surface area contributed by atoms with Gasteiger partial charge in [-0.25, -0.2) is 4.68 Å². The second kappa shape index (κ2) is 7.29. The monoisotopic (exact) mass is 329 g/mol. The van der Waals surface area contributed by atoms with Crippen molar-refractivity contribution in [1.82, 2.24) is 14.7 Å². The average molecular weight is 329 g/mol. The molecule has 0 aliphatic heterocycles. The number of aliphatic carboxylic acids is 1. The van der Waals surface area contributed by atoms with Gasteiger partial charge in [-0.3, -0.25) is 9.59 Å². The van der Waals surface area contributed by atoms with E-state index in [4.69, 9.17) is 5.11 Å². The van der Waals surface area contributed by atoms with Crippen LogP contribution in [0.5, 0.6) is 0 Å². The third-order valence-corrected chi connectivity index (χ3v) is 3.74. The van der Waals surface area contributed by atoms with Crippen LogP contribution in [0.4, 0.5) is 0 Å². The highest BCUT2D eigenvalue weighted by molar-refractivity contribution is 5.94. The summed E-state index contributed by atoms with van der Waals surface area (Å²) in [4.78, 5) is 25.1. The van der Waals surface area contributed by atoms with Crippen molar-refractivity contribution >= 4 is 11.9 Å². The van der Waals surface area contributed by atoms with E-state index in [1.165, 1.54) is 4.90 Å². The minimum absolute atomic E-state index is 0.172. The molecule has 0 fully saturated rings. The standard InChI is InChI=1S/C18H23N3O3/c1-12(2)16-10-15(18(24)20(13(3)4)11-17(22)23)19-21(16)14-8-6-5-7-9-14/h5-10,12-13H,11H2,1-4H3,(H,22,23). The van der Waals surface area contributed by atoms with Crippen molar-refractivity contribution in [2.75, 3.05) is 6.54 Å². The number of carboxylic acid groups (broad SMARTS) is 1. The van der Waals surface area contributed by atoms with Gasteiger partial charge in [-0.2, -0.15) is 5.10 Å². The Morgan fingerprint density at radius 3 is 2.29 bits per heavy atom. The number of benzene rings is 1. The third-order valence-electron chi connectivity index (χ3n) is 3.74. The Hall–Kier alpha value is -2.63. The first kappa shape index (κ1) is 17.7. The maximum Gasteiger partial charge on any atom is 0.323 e. The second-order valence-electron chi connectivity index (χ2n) is 6.28. The van der Waals surface area contributed by atoms with Crippen molar-refractivity contribution in [1.29, 1.82) is 0 Å². The molecule has 0 saturated carbocycles. The lowest BCUT2D eigenvalue weighted by molar-refractivity contribution is -0.138. The normalized spacial score (nSPS) is 11.1. The van der Waals surface area contributed by atoms with Crippen LogP contribution in [0.2, 0.25) is 0 Å². The van der Waals surface area contributed by atoms with Gasteiger partial charge in [0, 0.05) is 11.7 Å². The first-order chi connectivity index (χ1) is 11.3. The molecule has 0 bridgehead atoms. The van der Waals surface area contributed by atoms with Crippen LogP contribution in [-0.4, -0.2) is 44.3 Å². The van der Waals surface area contributed by atoms with E-state index in [2.05, 4.69) is 5.10 Å². The number of nitrogens with zero attached hydrogens (tertiary/aromatic N) is 3. The number of rotatable bonds is 6. The minimum atomic E-state index is -1.04. The van der Waals surface area contributed by atoms with Gasteiger partial charge in [-0.05, 0) is 38.0 Å². The van der Waals surface area contributed by atoms with E-state index in [-0.39, 0.29) is 30.1 Å². The van der Waals surface area contributed by atoms with Gasteiger partial charge in [-0.15, -0.1) is 0 Å². The van der Waals surface area contributed by atoms with Crippen LogP contribution in [0.25, 0.3) is 5.69 Å². The van der Waals surface area contributed by atoms with Crippen molar-refractivity contribution in [2.45, 2.75) is 39.7 Å². The van der Waals surface area contributed by atoms with Crippen LogP contribution in [0.15, 0.2) is 36.4 Å². The maximum atomic E-state index is 12.7. The van der Waals surface area contributed by atoms with Gasteiger partial charge in [0.05, 0.1) is 5.69 Å². The lowest BCUT2D eigenvalue weighted by Crippen LogP contribution is -2.40. The highest BCUT2D eigenvalue weighted by Crippen LogP contribution is 2.21. The predicted octanol–water partition coefficient (Wildman–Crippen LogP) is 2.93. The third kappa shape index (κ3) is 3.82. The van der Waals surface area contributed by atoms with Crippen LogP contribution in [0.1, 0.15) is 49.8 Å². The molecule has 6 nitrogen and oxygen atoms in total. The van der Waals surface area contributed by atoms with Crippen molar-refractivity contribution < 1.29 is 14.7 Å². The minimum Gasteiger partial charge on any atom is -0.480 e. The SMILES string of the molecule is CC(C)c1cc(C(=O)N(CC(=O)O)C(C)C)nn1-c1ccccc1. The van der Waals surface area contributed by atoms with E-state index >= 15 is 0 Å². The predicted molar refractivity (Wildman–Crippen MR) is 91.5 cm³/mol. The highest BCUT2D eigenvalue weighted by atomic mass is 16.4. The fourth-order valence-electron chi connectivity index (χ4n) is 2.47. The summed E-state index contributed by atoms with van der Waals surface area (Å²) in [6.45, 7) is 7.30. The molecule has 0 aliphatic carbocycles. The van der Waals surface area contributed by atoms with Gasteiger partial charge in [0.2, 0.25) is 0 Å². The van der Waals surface area contributed by atoms with Crippen LogP contribution in [0, 0.1) is 0 Å². The zero-order valence-corrected chi connectivity index (χ0v) is 14.4. The Bertz CT molecular complexity index is 720. The molecule has 2 rings (SSSR count). The number of amides is 1. The molecule has 0 aliphatic rings. The maximum absolute atomic E-state index is 12.7. The Morgan fingerprint density at radius 2 is 1.79 bits per heavy atom. The van der Waals surface area contributed by atoms with Crippen LogP contribution in [-0.2, 0) is 4.79 Å². The molecule has 1 amide bonds. The van der Waals surface area contributed by atoms with E-state index in [1.807, 2.05) is 44.2 Å². The summed E-state index contributed by atoms with van der Waals surface area (Å²) in [5.41, 5.74) is 2.04. The summed E-state index contributed by atoms with van der Waals surface area (Å²) in [6, 6.07) is 11.1. The molecule has 128 valence electrons. The summed E-state index contributed by atoms with van der Waals surface area (Å²) in [6.07, 6.45) is 0. The second-order valence-corrected chi connectivity index (χ2v) is 6.28. The van der Waals surface area contributed by atoms with Crippen molar-refractivity contribution in [2.24, 2.45) is 0 Å². The van der Waals surface area contributed by atoms with Crippen molar-refractivity contribution in [3.8, 4) is 5.69 Å². The molecule has 0 unspecified atom stereocenters. The van der Waals surface area contributed by atoms with Gasteiger partial charge in [0.25, 0.3) is 5.91 Å². The quantitative estimate of drug-likeness (QED) is 0.884. The van der Waals surface area contributed by atoms with E-state index in [1.54, 1.807) is 24.6 Å². The molecule has 0 atom stereocenters.